The zero-order valence-corrected chi connectivity index (χ0v) is 18.4. The molecule has 0 saturated heterocycles. The van der Waals surface area contributed by atoms with Crippen molar-refractivity contribution in [2.75, 3.05) is 24.6 Å². The van der Waals surface area contributed by atoms with Crippen molar-refractivity contribution in [3.8, 4) is 5.75 Å². The van der Waals surface area contributed by atoms with Crippen LogP contribution < -0.4 is 15.4 Å². The smallest absolute Gasteiger partial charge is 0.248 e. The van der Waals surface area contributed by atoms with Crippen molar-refractivity contribution < 1.29 is 14.6 Å². The molecule has 6 nitrogen and oxygen atoms in total. The maximum absolute atomic E-state index is 11.4. The zero-order valence-electron chi connectivity index (χ0n) is 18.4. The second kappa shape index (κ2) is 9.32. The molecular weight excluding hydrogens is 402 g/mol. The van der Waals surface area contributed by atoms with E-state index in [0.717, 1.165) is 39.8 Å². The maximum atomic E-state index is 11.4. The SMILES string of the molecule is CC(C)CN(C[C@H](O)COc1cccc2[nH]c3ccccc3c12)c1ccc(C(N)=O)cc1. The normalized spacial score (nSPS) is 12.4. The third-order valence-electron chi connectivity index (χ3n) is 5.46. The van der Waals surface area contributed by atoms with E-state index < -0.39 is 12.0 Å². The van der Waals surface area contributed by atoms with Crippen LogP contribution in [0.1, 0.15) is 24.2 Å². The van der Waals surface area contributed by atoms with E-state index in [2.05, 4.69) is 29.8 Å². The summed E-state index contributed by atoms with van der Waals surface area (Å²) in [5, 5.41) is 12.9. The Kier molecular flexibility index (Phi) is 6.32. The molecule has 0 saturated carbocycles. The lowest BCUT2D eigenvalue weighted by molar-refractivity contribution is 0.1000. The average Bonchev–Trinajstić information content (AvgIpc) is 3.16. The number of nitrogens with zero attached hydrogens (tertiary/aromatic N) is 1. The number of benzene rings is 3. The molecule has 0 fully saturated rings. The van der Waals surface area contributed by atoms with Gasteiger partial charge in [-0.1, -0.05) is 38.1 Å². The summed E-state index contributed by atoms with van der Waals surface area (Å²) in [5.74, 6) is 0.700. The molecule has 0 spiro atoms. The Morgan fingerprint density at radius 1 is 1.00 bits per heavy atom. The van der Waals surface area contributed by atoms with E-state index in [9.17, 15) is 9.90 Å². The average molecular weight is 432 g/mol. The first-order valence-corrected chi connectivity index (χ1v) is 10.9. The Morgan fingerprint density at radius 3 is 2.44 bits per heavy atom. The molecule has 4 rings (SSSR count). The minimum absolute atomic E-state index is 0.173. The number of fused-ring (bicyclic) bond motifs is 3. The van der Waals surface area contributed by atoms with Gasteiger partial charge in [-0.15, -0.1) is 0 Å². The van der Waals surface area contributed by atoms with Crippen LogP contribution in [0.2, 0.25) is 0 Å². The molecule has 166 valence electrons. The van der Waals surface area contributed by atoms with Crippen molar-refractivity contribution in [3.05, 3.63) is 72.3 Å². The summed E-state index contributed by atoms with van der Waals surface area (Å²) < 4.78 is 6.08. The van der Waals surface area contributed by atoms with E-state index >= 15 is 0 Å². The molecule has 1 amide bonds. The van der Waals surface area contributed by atoms with Gasteiger partial charge in [-0.05, 0) is 48.4 Å². The number of aliphatic hydroxyl groups is 1. The first-order valence-electron chi connectivity index (χ1n) is 10.9. The summed E-state index contributed by atoms with van der Waals surface area (Å²) in [5.41, 5.74) is 8.82. The molecule has 0 aliphatic carbocycles. The molecule has 0 aliphatic heterocycles. The largest absolute Gasteiger partial charge is 0.490 e. The topological polar surface area (TPSA) is 91.6 Å². The summed E-state index contributed by atoms with van der Waals surface area (Å²) in [4.78, 5) is 16.9. The van der Waals surface area contributed by atoms with Gasteiger partial charge in [-0.25, -0.2) is 0 Å². The van der Waals surface area contributed by atoms with Crippen molar-refractivity contribution in [1.82, 2.24) is 4.98 Å². The standard InChI is InChI=1S/C26H29N3O3/c1-17(2)14-29(19-12-10-18(11-13-19)26(27)31)15-20(30)16-32-24-9-5-8-23-25(24)21-6-3-4-7-22(21)28-23/h3-13,17,20,28,30H,14-16H2,1-2H3,(H2,27,31)/t20-/m0/s1. The van der Waals surface area contributed by atoms with E-state index in [1.165, 1.54) is 0 Å². The van der Waals surface area contributed by atoms with Crippen molar-refractivity contribution >= 4 is 33.4 Å². The molecule has 4 N–H and O–H groups in total. The molecule has 0 bridgehead atoms. The molecule has 0 radical (unpaired) electrons. The molecule has 1 aromatic heterocycles. The number of ether oxygens (including phenoxy) is 1. The number of primary amides is 1. The molecule has 0 unspecified atom stereocenters. The first-order chi connectivity index (χ1) is 15.4. The Balaban J connectivity index is 1.49. The number of carbonyl (C=O) groups excluding carboxylic acids is 1. The number of hydrogen-bond donors (Lipinski definition) is 3. The van der Waals surface area contributed by atoms with Crippen LogP contribution in [0.15, 0.2) is 66.7 Å². The number of carbonyl (C=O) groups is 1. The summed E-state index contributed by atoms with van der Waals surface area (Å²) in [6, 6.07) is 21.2. The van der Waals surface area contributed by atoms with Crippen LogP contribution in [-0.4, -0.2) is 41.8 Å². The van der Waals surface area contributed by atoms with Gasteiger partial charge in [0.05, 0.1) is 5.52 Å². The Labute approximate surface area is 187 Å². The highest BCUT2D eigenvalue weighted by Crippen LogP contribution is 2.33. The second-order valence-electron chi connectivity index (χ2n) is 8.52. The van der Waals surface area contributed by atoms with Gasteiger partial charge >= 0.3 is 0 Å². The highest BCUT2D eigenvalue weighted by Gasteiger charge is 2.16. The third-order valence-corrected chi connectivity index (χ3v) is 5.46. The molecular formula is C26H29N3O3. The van der Waals surface area contributed by atoms with Crippen molar-refractivity contribution in [2.45, 2.75) is 20.0 Å². The van der Waals surface area contributed by atoms with Crippen LogP contribution in [-0.2, 0) is 0 Å². The van der Waals surface area contributed by atoms with E-state index in [4.69, 9.17) is 10.5 Å². The van der Waals surface area contributed by atoms with Crippen LogP contribution in [0.25, 0.3) is 21.8 Å². The van der Waals surface area contributed by atoms with Crippen molar-refractivity contribution in [1.29, 1.82) is 0 Å². The highest BCUT2D eigenvalue weighted by atomic mass is 16.5. The Morgan fingerprint density at radius 2 is 1.72 bits per heavy atom. The number of nitrogens with two attached hydrogens (primary N) is 1. The van der Waals surface area contributed by atoms with E-state index in [-0.39, 0.29) is 6.61 Å². The lowest BCUT2D eigenvalue weighted by Gasteiger charge is -2.29. The minimum atomic E-state index is -0.690. The summed E-state index contributed by atoms with van der Waals surface area (Å²) in [7, 11) is 0. The molecule has 4 aromatic rings. The lowest BCUT2D eigenvalue weighted by atomic mass is 10.1. The fraction of sp³-hybridized carbons (Fsp3) is 0.269. The van der Waals surface area contributed by atoms with Crippen LogP contribution in [0.5, 0.6) is 5.75 Å². The number of aliphatic hydroxyl groups excluding tert-OH is 1. The fourth-order valence-corrected chi connectivity index (χ4v) is 4.04. The summed E-state index contributed by atoms with van der Waals surface area (Å²) in [6.07, 6.45) is -0.690. The number of H-pyrrole nitrogens is 1. The van der Waals surface area contributed by atoms with Crippen LogP contribution in [0.4, 0.5) is 5.69 Å². The third kappa shape index (κ3) is 4.70. The molecule has 1 heterocycles. The van der Waals surface area contributed by atoms with Crippen LogP contribution >= 0.6 is 0 Å². The van der Waals surface area contributed by atoms with Gasteiger partial charge in [0.15, 0.2) is 0 Å². The number of anilines is 1. The van der Waals surface area contributed by atoms with E-state index in [0.29, 0.717) is 18.0 Å². The predicted octanol–water partition coefficient (Wildman–Crippen LogP) is 4.32. The van der Waals surface area contributed by atoms with Crippen LogP contribution in [0.3, 0.4) is 0 Å². The molecule has 32 heavy (non-hydrogen) atoms. The number of aromatic nitrogens is 1. The van der Waals surface area contributed by atoms with Gasteiger partial charge in [0, 0.05) is 40.6 Å². The summed E-state index contributed by atoms with van der Waals surface area (Å²) in [6.45, 7) is 5.62. The first kappa shape index (κ1) is 21.7. The Bertz CT molecular complexity index is 1210. The van der Waals surface area contributed by atoms with Crippen molar-refractivity contribution in [3.63, 3.8) is 0 Å². The highest BCUT2D eigenvalue weighted by molar-refractivity contribution is 6.10. The lowest BCUT2D eigenvalue weighted by Crippen LogP contribution is -2.38. The number of aromatic amines is 1. The zero-order chi connectivity index (χ0) is 22.7. The quantitative estimate of drug-likeness (QED) is 0.368. The number of hydrogen-bond acceptors (Lipinski definition) is 4. The molecule has 0 aliphatic rings. The Hall–Kier alpha value is -3.51. The maximum Gasteiger partial charge on any atom is 0.248 e. The number of para-hydroxylation sites is 1. The van der Waals surface area contributed by atoms with E-state index in [1.54, 1.807) is 12.1 Å². The number of rotatable bonds is 9. The van der Waals surface area contributed by atoms with Gasteiger partial charge in [0.2, 0.25) is 5.91 Å². The number of amides is 1. The van der Waals surface area contributed by atoms with E-state index in [1.807, 2.05) is 48.5 Å². The van der Waals surface area contributed by atoms with Gasteiger partial charge in [0.1, 0.15) is 18.5 Å². The van der Waals surface area contributed by atoms with Gasteiger partial charge in [-0.3, -0.25) is 4.79 Å². The predicted molar refractivity (Wildman–Crippen MR) is 129 cm³/mol. The van der Waals surface area contributed by atoms with Crippen LogP contribution in [0, 0.1) is 5.92 Å². The molecule has 6 heteroatoms. The van der Waals surface area contributed by atoms with Crippen molar-refractivity contribution in [2.24, 2.45) is 11.7 Å². The molecule has 1 atom stereocenters. The summed E-state index contributed by atoms with van der Waals surface area (Å²) >= 11 is 0. The van der Waals surface area contributed by atoms with Gasteiger partial charge in [0.25, 0.3) is 0 Å². The molecule has 3 aromatic carbocycles. The van der Waals surface area contributed by atoms with Gasteiger partial charge in [-0.2, -0.15) is 0 Å². The van der Waals surface area contributed by atoms with Gasteiger partial charge < -0.3 is 25.5 Å². The second-order valence-corrected chi connectivity index (χ2v) is 8.52. The fourth-order valence-electron chi connectivity index (χ4n) is 4.04. The minimum Gasteiger partial charge on any atom is -0.490 e. The number of nitrogens with one attached hydrogen (secondary N) is 1. The monoisotopic (exact) mass is 431 g/mol.